The first-order valence-electron chi connectivity index (χ1n) is 7.09. The molecule has 1 amide bonds. The van der Waals surface area contributed by atoms with Crippen LogP contribution in [-0.4, -0.2) is 16.9 Å². The van der Waals surface area contributed by atoms with Crippen LogP contribution in [0.1, 0.15) is 19.4 Å². The number of hydrogen-bond acceptors (Lipinski definition) is 4. The van der Waals surface area contributed by atoms with Gasteiger partial charge >= 0.3 is 0 Å². The highest BCUT2D eigenvalue weighted by Gasteiger charge is 2.32. The van der Waals surface area contributed by atoms with Crippen molar-refractivity contribution in [1.29, 1.82) is 0 Å². The predicted octanol–water partition coefficient (Wildman–Crippen LogP) is 2.84. The Balaban J connectivity index is 2.08. The van der Waals surface area contributed by atoms with Crippen LogP contribution in [0.4, 0.5) is 11.4 Å². The summed E-state index contributed by atoms with van der Waals surface area (Å²) >= 11 is 0. The molecule has 22 heavy (non-hydrogen) atoms. The Morgan fingerprint density at radius 2 is 1.95 bits per heavy atom. The lowest BCUT2D eigenvalue weighted by molar-refractivity contribution is -0.117. The monoisotopic (exact) mass is 295 g/mol. The second-order valence-electron chi connectivity index (χ2n) is 5.39. The van der Waals surface area contributed by atoms with E-state index in [1.165, 1.54) is 0 Å². The predicted molar refractivity (Wildman–Crippen MR) is 86.3 cm³/mol. The van der Waals surface area contributed by atoms with Crippen molar-refractivity contribution in [2.45, 2.75) is 19.9 Å². The zero-order valence-corrected chi connectivity index (χ0v) is 12.5. The summed E-state index contributed by atoms with van der Waals surface area (Å²) in [6.45, 7) is 3.93. The molecule has 1 aromatic heterocycles. The van der Waals surface area contributed by atoms with Crippen LogP contribution in [0, 0.1) is 0 Å². The van der Waals surface area contributed by atoms with Crippen molar-refractivity contribution in [3.8, 4) is 5.75 Å². The Bertz CT molecular complexity index is 739. The number of nitrogens with two attached hydrogens (primary N) is 1. The van der Waals surface area contributed by atoms with Crippen LogP contribution in [0.2, 0.25) is 0 Å². The van der Waals surface area contributed by atoms with Gasteiger partial charge in [-0.25, -0.2) is 0 Å². The van der Waals surface area contributed by atoms with Crippen molar-refractivity contribution >= 4 is 23.4 Å². The number of hydrogen-bond donors (Lipinski definition) is 1. The van der Waals surface area contributed by atoms with Crippen LogP contribution in [0.25, 0.3) is 6.08 Å². The van der Waals surface area contributed by atoms with Gasteiger partial charge in [0.25, 0.3) is 5.91 Å². The third kappa shape index (κ3) is 2.53. The van der Waals surface area contributed by atoms with Crippen molar-refractivity contribution in [3.05, 3.63) is 54.0 Å². The highest BCUT2D eigenvalue weighted by atomic mass is 16.5. The Morgan fingerprint density at radius 1 is 1.23 bits per heavy atom. The first kappa shape index (κ1) is 14.1. The molecule has 0 fully saturated rings. The average Bonchev–Trinajstić information content (AvgIpc) is 2.49. The third-order valence-corrected chi connectivity index (χ3v) is 3.41. The van der Waals surface area contributed by atoms with E-state index < -0.39 is 0 Å². The summed E-state index contributed by atoms with van der Waals surface area (Å²) in [4.78, 5) is 18.4. The van der Waals surface area contributed by atoms with Gasteiger partial charge in [0.15, 0.2) is 11.5 Å². The summed E-state index contributed by atoms with van der Waals surface area (Å²) in [5.74, 6) is 0.704. The van der Waals surface area contributed by atoms with Gasteiger partial charge in [-0.15, -0.1) is 0 Å². The van der Waals surface area contributed by atoms with Crippen molar-refractivity contribution in [3.63, 3.8) is 0 Å². The number of amides is 1. The van der Waals surface area contributed by atoms with Gasteiger partial charge in [0.05, 0.1) is 5.69 Å². The lowest BCUT2D eigenvalue weighted by Crippen LogP contribution is -2.42. The number of nitrogen functional groups attached to an aromatic ring is 1. The molecule has 0 saturated carbocycles. The normalized spacial score (nSPS) is 15.9. The van der Waals surface area contributed by atoms with E-state index in [9.17, 15) is 4.79 Å². The molecule has 0 radical (unpaired) electrons. The average molecular weight is 295 g/mol. The second kappa shape index (κ2) is 5.52. The minimum absolute atomic E-state index is 0.0135. The number of aromatic nitrogens is 1. The van der Waals surface area contributed by atoms with Gasteiger partial charge in [-0.2, -0.15) is 0 Å². The fourth-order valence-corrected chi connectivity index (χ4v) is 2.42. The first-order valence-corrected chi connectivity index (χ1v) is 7.09. The highest BCUT2D eigenvalue weighted by Crippen LogP contribution is 2.38. The molecule has 3 rings (SSSR count). The summed E-state index contributed by atoms with van der Waals surface area (Å²) in [6, 6.07) is 8.96. The maximum Gasteiger partial charge on any atom is 0.294 e. The van der Waals surface area contributed by atoms with Crippen LogP contribution >= 0.6 is 0 Å². The number of nitrogens with zero attached hydrogens (tertiary/aromatic N) is 2. The molecule has 0 unspecified atom stereocenters. The second-order valence-corrected chi connectivity index (χ2v) is 5.39. The summed E-state index contributed by atoms with van der Waals surface area (Å²) in [7, 11) is 0. The lowest BCUT2D eigenvalue weighted by Gasteiger charge is -2.33. The Hall–Kier alpha value is -2.82. The van der Waals surface area contributed by atoms with Gasteiger partial charge in [-0.3, -0.25) is 14.7 Å². The molecule has 0 aliphatic carbocycles. The molecule has 1 aromatic carbocycles. The van der Waals surface area contributed by atoms with Crippen molar-refractivity contribution in [2.24, 2.45) is 0 Å². The molecular weight excluding hydrogens is 278 g/mol. The third-order valence-electron chi connectivity index (χ3n) is 3.41. The zero-order valence-electron chi connectivity index (χ0n) is 12.5. The fourth-order valence-electron chi connectivity index (χ4n) is 2.42. The Labute approximate surface area is 129 Å². The number of rotatable bonds is 2. The zero-order chi connectivity index (χ0) is 15.7. The summed E-state index contributed by atoms with van der Waals surface area (Å²) < 4.78 is 5.78. The number of pyridine rings is 1. The molecule has 2 aromatic rings. The van der Waals surface area contributed by atoms with Crippen LogP contribution in [0.5, 0.6) is 5.75 Å². The maximum absolute atomic E-state index is 12.7. The van der Waals surface area contributed by atoms with E-state index in [2.05, 4.69) is 4.98 Å². The van der Waals surface area contributed by atoms with E-state index in [-0.39, 0.29) is 17.7 Å². The van der Waals surface area contributed by atoms with E-state index in [0.29, 0.717) is 11.4 Å². The van der Waals surface area contributed by atoms with Gasteiger partial charge in [0.1, 0.15) is 0 Å². The topological polar surface area (TPSA) is 68.5 Å². The fraction of sp³-hybridized carbons (Fsp3) is 0.176. The molecule has 112 valence electrons. The number of fused-ring (bicyclic) bond motifs is 1. The molecule has 1 aliphatic heterocycles. The van der Waals surface area contributed by atoms with Crippen molar-refractivity contribution in [2.75, 3.05) is 10.6 Å². The van der Waals surface area contributed by atoms with E-state index in [4.69, 9.17) is 10.5 Å². The number of carbonyl (C=O) groups is 1. The van der Waals surface area contributed by atoms with E-state index in [1.807, 2.05) is 32.0 Å². The number of carbonyl (C=O) groups excluding carboxylic acids is 1. The van der Waals surface area contributed by atoms with E-state index in [0.717, 1.165) is 11.3 Å². The van der Waals surface area contributed by atoms with Gasteiger partial charge in [0, 0.05) is 30.2 Å². The molecule has 0 atom stereocenters. The highest BCUT2D eigenvalue weighted by molar-refractivity contribution is 6.10. The quantitative estimate of drug-likeness (QED) is 0.683. The lowest BCUT2D eigenvalue weighted by atomic mass is 10.1. The first-order chi connectivity index (χ1) is 10.6. The van der Waals surface area contributed by atoms with Crippen LogP contribution < -0.4 is 15.4 Å². The summed E-state index contributed by atoms with van der Waals surface area (Å²) in [5.41, 5.74) is 8.02. The van der Waals surface area contributed by atoms with Crippen LogP contribution in [0.3, 0.4) is 0 Å². The largest absolute Gasteiger partial charge is 0.449 e. The van der Waals surface area contributed by atoms with E-state index in [1.54, 1.807) is 35.5 Å². The minimum atomic E-state index is -0.163. The van der Waals surface area contributed by atoms with Crippen LogP contribution in [-0.2, 0) is 4.79 Å². The van der Waals surface area contributed by atoms with Gasteiger partial charge in [-0.05, 0) is 49.8 Å². The molecule has 0 saturated heterocycles. The van der Waals surface area contributed by atoms with E-state index >= 15 is 0 Å². The van der Waals surface area contributed by atoms with Crippen molar-refractivity contribution in [1.82, 2.24) is 4.98 Å². The molecule has 5 nitrogen and oxygen atoms in total. The number of ether oxygens (including phenoxy) is 1. The molecule has 0 bridgehead atoms. The standard InChI is InChI=1S/C17H17N3O2/c1-11(2)20-14-4-3-13(18)10-15(14)22-16(17(20)21)9-12-5-7-19-8-6-12/h3-11H,18H2,1-2H3/b16-9+. The van der Waals surface area contributed by atoms with Gasteiger partial charge in [-0.1, -0.05) is 0 Å². The summed E-state index contributed by atoms with van der Waals surface area (Å²) in [6.07, 6.45) is 5.06. The van der Waals surface area contributed by atoms with Crippen molar-refractivity contribution < 1.29 is 9.53 Å². The number of anilines is 2. The molecule has 5 heteroatoms. The molecular formula is C17H17N3O2. The minimum Gasteiger partial charge on any atom is -0.449 e. The van der Waals surface area contributed by atoms with Gasteiger partial charge < -0.3 is 10.5 Å². The maximum atomic E-state index is 12.7. The van der Waals surface area contributed by atoms with Crippen LogP contribution in [0.15, 0.2) is 48.5 Å². The molecule has 1 aliphatic rings. The Kier molecular flexibility index (Phi) is 3.55. The molecule has 2 heterocycles. The smallest absolute Gasteiger partial charge is 0.294 e. The molecule has 0 spiro atoms. The SMILES string of the molecule is CC(C)N1C(=O)/C(=C\c2ccncc2)Oc2cc(N)ccc21. The Morgan fingerprint density at radius 3 is 2.64 bits per heavy atom. The summed E-state index contributed by atoms with van der Waals surface area (Å²) in [5, 5.41) is 0. The van der Waals surface area contributed by atoms with Gasteiger partial charge in [0.2, 0.25) is 0 Å². The number of benzene rings is 1. The molecule has 2 N–H and O–H groups in total.